The zero-order chi connectivity index (χ0) is 14.0. The minimum absolute atomic E-state index is 0.104. The molecular formula is C13H18N2O3S. The molecule has 1 fully saturated rings. The smallest absolute Gasteiger partial charge is 0.310 e. The molecule has 1 saturated carbocycles. The van der Waals surface area contributed by atoms with Crippen LogP contribution in [-0.2, 0) is 16.1 Å². The van der Waals surface area contributed by atoms with Gasteiger partial charge in [-0.1, -0.05) is 6.42 Å². The number of aliphatic carboxylic acids is 1. The molecule has 0 aliphatic heterocycles. The van der Waals surface area contributed by atoms with Crippen molar-refractivity contribution >= 4 is 23.2 Å². The SMILES string of the molecule is Cc1ncc(CN(C)C(=O)CC2(C(=O)O)CCC2)s1. The predicted molar refractivity (Wildman–Crippen MR) is 71.9 cm³/mol. The van der Waals surface area contributed by atoms with Gasteiger partial charge in [0.15, 0.2) is 0 Å². The van der Waals surface area contributed by atoms with Crippen LogP contribution in [-0.4, -0.2) is 33.9 Å². The van der Waals surface area contributed by atoms with Crippen LogP contribution in [0.3, 0.4) is 0 Å². The molecule has 1 aromatic heterocycles. The molecule has 104 valence electrons. The minimum Gasteiger partial charge on any atom is -0.481 e. The van der Waals surface area contributed by atoms with E-state index in [1.54, 1.807) is 29.5 Å². The number of thiazole rings is 1. The fourth-order valence-electron chi connectivity index (χ4n) is 2.29. The van der Waals surface area contributed by atoms with Crippen LogP contribution in [0.2, 0.25) is 0 Å². The molecule has 0 atom stereocenters. The van der Waals surface area contributed by atoms with Crippen LogP contribution in [0.25, 0.3) is 0 Å². The second-order valence-electron chi connectivity index (χ2n) is 5.21. The van der Waals surface area contributed by atoms with Gasteiger partial charge in [0.25, 0.3) is 0 Å². The molecule has 1 aromatic rings. The number of nitrogens with zero attached hydrogens (tertiary/aromatic N) is 2. The van der Waals surface area contributed by atoms with Crippen molar-refractivity contribution in [2.24, 2.45) is 5.41 Å². The maximum Gasteiger partial charge on any atom is 0.310 e. The third-order valence-corrected chi connectivity index (χ3v) is 4.64. The average Bonchev–Trinajstić information content (AvgIpc) is 2.68. The first-order valence-corrected chi connectivity index (χ1v) is 7.13. The zero-order valence-electron chi connectivity index (χ0n) is 11.2. The Hall–Kier alpha value is -1.43. The van der Waals surface area contributed by atoms with E-state index in [0.717, 1.165) is 16.3 Å². The lowest BCUT2D eigenvalue weighted by Gasteiger charge is -2.37. The summed E-state index contributed by atoms with van der Waals surface area (Å²) in [4.78, 5) is 30.1. The lowest BCUT2D eigenvalue weighted by molar-refractivity contribution is -0.159. The van der Waals surface area contributed by atoms with E-state index in [-0.39, 0.29) is 12.3 Å². The van der Waals surface area contributed by atoms with E-state index in [1.807, 2.05) is 6.92 Å². The number of hydrogen-bond acceptors (Lipinski definition) is 4. The topological polar surface area (TPSA) is 70.5 Å². The highest BCUT2D eigenvalue weighted by atomic mass is 32.1. The lowest BCUT2D eigenvalue weighted by Crippen LogP contribution is -2.42. The van der Waals surface area contributed by atoms with Crippen molar-refractivity contribution in [2.45, 2.75) is 39.2 Å². The Morgan fingerprint density at radius 3 is 2.63 bits per heavy atom. The van der Waals surface area contributed by atoms with E-state index in [1.165, 1.54) is 0 Å². The number of aryl methyl sites for hydroxylation is 1. The second-order valence-corrected chi connectivity index (χ2v) is 6.53. The van der Waals surface area contributed by atoms with Gasteiger partial charge in [0, 0.05) is 24.5 Å². The van der Waals surface area contributed by atoms with Crippen molar-refractivity contribution in [3.8, 4) is 0 Å². The number of rotatable bonds is 5. The summed E-state index contributed by atoms with van der Waals surface area (Å²) in [5.41, 5.74) is -0.811. The number of carbonyl (C=O) groups excluding carboxylic acids is 1. The third-order valence-electron chi connectivity index (χ3n) is 3.74. The molecule has 0 spiro atoms. The maximum atomic E-state index is 12.1. The molecule has 1 amide bonds. The first-order chi connectivity index (χ1) is 8.93. The summed E-state index contributed by atoms with van der Waals surface area (Å²) in [6, 6.07) is 0. The quantitative estimate of drug-likeness (QED) is 0.897. The minimum atomic E-state index is -0.839. The third kappa shape index (κ3) is 2.94. The number of amides is 1. The zero-order valence-corrected chi connectivity index (χ0v) is 12.0. The predicted octanol–water partition coefficient (Wildman–Crippen LogP) is 2.05. The van der Waals surface area contributed by atoms with Crippen LogP contribution >= 0.6 is 11.3 Å². The van der Waals surface area contributed by atoms with E-state index in [2.05, 4.69) is 4.98 Å². The largest absolute Gasteiger partial charge is 0.481 e. The van der Waals surface area contributed by atoms with Gasteiger partial charge in [-0.25, -0.2) is 4.98 Å². The van der Waals surface area contributed by atoms with Gasteiger partial charge < -0.3 is 10.0 Å². The van der Waals surface area contributed by atoms with Crippen LogP contribution < -0.4 is 0 Å². The Kier molecular flexibility index (Phi) is 3.89. The standard InChI is InChI=1S/C13H18N2O3S/c1-9-14-7-10(19-9)8-15(2)11(16)6-13(12(17)18)4-3-5-13/h7H,3-6,8H2,1-2H3,(H,17,18). The fourth-order valence-corrected chi connectivity index (χ4v) is 3.14. The first kappa shape index (κ1) is 14.0. The van der Waals surface area contributed by atoms with Crippen LogP contribution in [0.1, 0.15) is 35.6 Å². The Morgan fingerprint density at radius 1 is 1.53 bits per heavy atom. The monoisotopic (exact) mass is 282 g/mol. The fraction of sp³-hybridized carbons (Fsp3) is 0.615. The molecule has 1 aliphatic carbocycles. The van der Waals surface area contributed by atoms with Crippen LogP contribution in [0.15, 0.2) is 6.20 Å². The van der Waals surface area contributed by atoms with Crippen molar-refractivity contribution in [1.82, 2.24) is 9.88 Å². The highest BCUT2D eigenvalue weighted by Gasteiger charge is 2.46. The summed E-state index contributed by atoms with van der Waals surface area (Å²) in [7, 11) is 1.71. The molecule has 19 heavy (non-hydrogen) atoms. The molecule has 1 heterocycles. The summed E-state index contributed by atoms with van der Waals surface area (Å²) < 4.78 is 0. The highest BCUT2D eigenvalue weighted by Crippen LogP contribution is 2.44. The first-order valence-electron chi connectivity index (χ1n) is 6.32. The van der Waals surface area contributed by atoms with Crippen LogP contribution in [0.5, 0.6) is 0 Å². The molecule has 0 bridgehead atoms. The summed E-state index contributed by atoms with van der Waals surface area (Å²) in [5, 5.41) is 10.2. The van der Waals surface area contributed by atoms with Crippen LogP contribution in [0, 0.1) is 12.3 Å². The number of aromatic nitrogens is 1. The molecule has 1 N–H and O–H groups in total. The highest BCUT2D eigenvalue weighted by molar-refractivity contribution is 7.11. The van der Waals surface area contributed by atoms with Gasteiger partial charge in [-0.15, -0.1) is 11.3 Å². The van der Waals surface area contributed by atoms with Gasteiger partial charge in [0.1, 0.15) is 0 Å². The van der Waals surface area contributed by atoms with E-state index in [4.69, 9.17) is 0 Å². The van der Waals surface area contributed by atoms with Gasteiger partial charge in [0.2, 0.25) is 5.91 Å². The molecule has 6 heteroatoms. The molecule has 5 nitrogen and oxygen atoms in total. The van der Waals surface area contributed by atoms with Gasteiger partial charge >= 0.3 is 5.97 Å². The molecule has 0 aromatic carbocycles. The second kappa shape index (κ2) is 5.28. The van der Waals surface area contributed by atoms with E-state index in [9.17, 15) is 14.7 Å². The number of carbonyl (C=O) groups is 2. The molecule has 0 radical (unpaired) electrons. The summed E-state index contributed by atoms with van der Waals surface area (Å²) in [6.45, 7) is 2.42. The molecular weight excluding hydrogens is 264 g/mol. The Bertz CT molecular complexity index is 494. The van der Waals surface area contributed by atoms with Gasteiger partial charge in [-0.05, 0) is 19.8 Å². The van der Waals surface area contributed by atoms with Crippen molar-refractivity contribution in [1.29, 1.82) is 0 Å². The molecule has 0 saturated heterocycles. The summed E-state index contributed by atoms with van der Waals surface area (Å²) >= 11 is 1.56. The lowest BCUT2D eigenvalue weighted by atomic mass is 9.66. The Labute approximate surface area is 116 Å². The Balaban J connectivity index is 1.94. The van der Waals surface area contributed by atoms with E-state index >= 15 is 0 Å². The molecule has 2 rings (SSSR count). The maximum absolute atomic E-state index is 12.1. The number of carboxylic acids is 1. The number of hydrogen-bond donors (Lipinski definition) is 1. The normalized spacial score (nSPS) is 16.7. The van der Waals surface area contributed by atoms with Crippen molar-refractivity contribution in [3.63, 3.8) is 0 Å². The van der Waals surface area contributed by atoms with E-state index < -0.39 is 11.4 Å². The van der Waals surface area contributed by atoms with Gasteiger partial charge in [-0.3, -0.25) is 9.59 Å². The van der Waals surface area contributed by atoms with Gasteiger partial charge in [-0.2, -0.15) is 0 Å². The summed E-state index contributed by atoms with van der Waals surface area (Å²) in [5.74, 6) is -0.942. The van der Waals surface area contributed by atoms with Gasteiger partial charge in [0.05, 0.1) is 17.0 Å². The molecule has 0 unspecified atom stereocenters. The van der Waals surface area contributed by atoms with Crippen molar-refractivity contribution < 1.29 is 14.7 Å². The van der Waals surface area contributed by atoms with Crippen molar-refractivity contribution in [2.75, 3.05) is 7.05 Å². The average molecular weight is 282 g/mol. The van der Waals surface area contributed by atoms with E-state index in [0.29, 0.717) is 19.4 Å². The number of carboxylic acid groups (broad SMARTS) is 1. The molecule has 1 aliphatic rings. The van der Waals surface area contributed by atoms with Crippen molar-refractivity contribution in [3.05, 3.63) is 16.1 Å². The van der Waals surface area contributed by atoms with Crippen LogP contribution in [0.4, 0.5) is 0 Å². The Morgan fingerprint density at radius 2 is 2.21 bits per heavy atom. The summed E-state index contributed by atoms with van der Waals surface area (Å²) in [6.07, 6.45) is 4.00.